The molecule has 1 aromatic carbocycles. The van der Waals surface area contributed by atoms with Crippen LogP contribution in [-0.2, 0) is 27.3 Å². The molecule has 3 rings (SSSR count). The number of oxazole rings is 1. The number of carbonyl (C=O) groups excluding carboxylic acids is 1. The zero-order chi connectivity index (χ0) is 21.5. The fourth-order valence-electron chi connectivity index (χ4n) is 2.95. The summed E-state index contributed by atoms with van der Waals surface area (Å²) in [7, 11) is 0. The van der Waals surface area contributed by atoms with Crippen molar-refractivity contribution in [3.8, 4) is 16.5 Å². The molecule has 1 atom stereocenters. The van der Waals surface area contributed by atoms with Gasteiger partial charge in [-0.3, -0.25) is 0 Å². The SMILES string of the molecule is CCOC(=O)[C@@H](Cc1ccc(OCc2nc(-c3ccc(C)s3)oc2C)cc1)OCC. The maximum atomic E-state index is 12.0. The van der Waals surface area contributed by atoms with Gasteiger partial charge in [-0.15, -0.1) is 11.3 Å². The van der Waals surface area contributed by atoms with Gasteiger partial charge in [0.2, 0.25) is 5.89 Å². The molecule has 160 valence electrons. The standard InChI is InChI=1S/C23H27NO5S/c1-5-26-20(23(25)27-6-2)13-17-8-10-18(11-9-17)28-14-19-16(4)29-22(24-19)21-12-7-15(3)30-21/h7-12,20H,5-6,13-14H2,1-4H3/t20-/m1/s1. The van der Waals surface area contributed by atoms with E-state index in [1.54, 1.807) is 18.3 Å². The highest BCUT2D eigenvalue weighted by Gasteiger charge is 2.20. The van der Waals surface area contributed by atoms with Gasteiger partial charge in [-0.1, -0.05) is 12.1 Å². The van der Waals surface area contributed by atoms with Crippen LogP contribution >= 0.6 is 11.3 Å². The van der Waals surface area contributed by atoms with Gasteiger partial charge in [-0.25, -0.2) is 9.78 Å². The number of hydrogen-bond acceptors (Lipinski definition) is 7. The lowest BCUT2D eigenvalue weighted by molar-refractivity contribution is -0.156. The smallest absolute Gasteiger partial charge is 0.335 e. The van der Waals surface area contributed by atoms with E-state index in [2.05, 4.69) is 18.0 Å². The van der Waals surface area contributed by atoms with Gasteiger partial charge < -0.3 is 18.6 Å². The van der Waals surface area contributed by atoms with Gasteiger partial charge in [0.05, 0.1) is 11.5 Å². The van der Waals surface area contributed by atoms with Crippen LogP contribution in [0, 0.1) is 13.8 Å². The number of ether oxygens (including phenoxy) is 3. The van der Waals surface area contributed by atoms with Crippen LogP contribution in [-0.4, -0.2) is 30.3 Å². The summed E-state index contributed by atoms with van der Waals surface area (Å²) in [6.07, 6.45) is -0.141. The second-order valence-electron chi connectivity index (χ2n) is 6.76. The summed E-state index contributed by atoms with van der Waals surface area (Å²) in [4.78, 5) is 18.8. The van der Waals surface area contributed by atoms with Crippen LogP contribution in [0.1, 0.15) is 35.7 Å². The van der Waals surface area contributed by atoms with E-state index in [9.17, 15) is 4.79 Å². The summed E-state index contributed by atoms with van der Waals surface area (Å²) >= 11 is 1.65. The third kappa shape index (κ3) is 5.70. The van der Waals surface area contributed by atoms with Crippen molar-refractivity contribution in [2.24, 2.45) is 0 Å². The molecule has 3 aromatic rings. The highest BCUT2D eigenvalue weighted by Crippen LogP contribution is 2.29. The average Bonchev–Trinajstić information content (AvgIpc) is 3.32. The van der Waals surface area contributed by atoms with Gasteiger partial charge in [0, 0.05) is 17.9 Å². The summed E-state index contributed by atoms with van der Waals surface area (Å²) in [6.45, 7) is 8.71. The lowest BCUT2D eigenvalue weighted by Gasteiger charge is -2.15. The minimum Gasteiger partial charge on any atom is -0.487 e. The Bertz CT molecular complexity index is 960. The maximum absolute atomic E-state index is 12.0. The first kappa shape index (κ1) is 22.1. The molecule has 2 heterocycles. The molecule has 6 nitrogen and oxygen atoms in total. The Morgan fingerprint density at radius 1 is 1.10 bits per heavy atom. The van der Waals surface area contributed by atoms with Crippen LogP contribution in [0.5, 0.6) is 5.75 Å². The molecule has 30 heavy (non-hydrogen) atoms. The van der Waals surface area contributed by atoms with Crippen molar-refractivity contribution >= 4 is 17.3 Å². The molecule has 0 aliphatic rings. The van der Waals surface area contributed by atoms with Gasteiger partial charge in [0.15, 0.2) is 6.10 Å². The van der Waals surface area contributed by atoms with E-state index < -0.39 is 6.10 Å². The molecule has 0 saturated carbocycles. The van der Waals surface area contributed by atoms with Crippen molar-refractivity contribution in [2.75, 3.05) is 13.2 Å². The highest BCUT2D eigenvalue weighted by atomic mass is 32.1. The Morgan fingerprint density at radius 3 is 2.50 bits per heavy atom. The Kier molecular flexibility index (Phi) is 7.65. The second kappa shape index (κ2) is 10.4. The average molecular weight is 430 g/mol. The van der Waals surface area contributed by atoms with Crippen LogP contribution in [0.25, 0.3) is 10.8 Å². The van der Waals surface area contributed by atoms with E-state index in [4.69, 9.17) is 18.6 Å². The van der Waals surface area contributed by atoms with Crippen LogP contribution in [0.3, 0.4) is 0 Å². The molecule has 0 aliphatic heterocycles. The highest BCUT2D eigenvalue weighted by molar-refractivity contribution is 7.15. The van der Waals surface area contributed by atoms with Crippen molar-refractivity contribution in [1.82, 2.24) is 4.98 Å². The number of thiophene rings is 1. The predicted octanol–water partition coefficient (Wildman–Crippen LogP) is 5.11. The quantitative estimate of drug-likeness (QED) is 0.417. The molecule has 0 amide bonds. The molecule has 0 fully saturated rings. The fourth-order valence-corrected chi connectivity index (χ4v) is 3.74. The molecule has 0 N–H and O–H groups in total. The zero-order valence-electron chi connectivity index (χ0n) is 17.8. The van der Waals surface area contributed by atoms with Crippen molar-refractivity contribution in [3.05, 3.63) is 58.3 Å². The van der Waals surface area contributed by atoms with Crippen molar-refractivity contribution < 1.29 is 23.4 Å². The summed E-state index contributed by atoms with van der Waals surface area (Å²) in [5, 5.41) is 0. The number of carbonyl (C=O) groups is 1. The maximum Gasteiger partial charge on any atom is 0.335 e. The Morgan fingerprint density at radius 2 is 1.87 bits per heavy atom. The van der Waals surface area contributed by atoms with Crippen LogP contribution in [0.2, 0.25) is 0 Å². The molecule has 0 radical (unpaired) electrons. The normalized spacial score (nSPS) is 12.0. The number of nitrogens with zero attached hydrogens (tertiary/aromatic N) is 1. The van der Waals surface area contributed by atoms with E-state index in [1.807, 2.05) is 44.2 Å². The first-order valence-electron chi connectivity index (χ1n) is 10.0. The van der Waals surface area contributed by atoms with E-state index in [1.165, 1.54) is 4.88 Å². The number of aromatic nitrogens is 1. The van der Waals surface area contributed by atoms with Gasteiger partial charge in [0.25, 0.3) is 0 Å². The van der Waals surface area contributed by atoms with E-state index in [0.717, 1.165) is 27.6 Å². The molecule has 0 spiro atoms. The van der Waals surface area contributed by atoms with Crippen LogP contribution < -0.4 is 4.74 Å². The summed E-state index contributed by atoms with van der Waals surface area (Å²) in [5.41, 5.74) is 1.75. The molecule has 0 bridgehead atoms. The fraction of sp³-hybridized carbons (Fsp3) is 0.391. The Labute approximate surface area is 180 Å². The summed E-state index contributed by atoms with van der Waals surface area (Å²) in [6, 6.07) is 11.7. The van der Waals surface area contributed by atoms with Crippen LogP contribution in [0.4, 0.5) is 0 Å². The Balaban J connectivity index is 1.59. The van der Waals surface area contributed by atoms with Gasteiger partial charge >= 0.3 is 5.97 Å². The van der Waals surface area contributed by atoms with Crippen LogP contribution in [0.15, 0.2) is 40.8 Å². The van der Waals surface area contributed by atoms with E-state index in [0.29, 0.717) is 32.1 Å². The number of esters is 1. The monoisotopic (exact) mass is 429 g/mol. The third-order valence-electron chi connectivity index (χ3n) is 4.48. The van der Waals surface area contributed by atoms with Crippen molar-refractivity contribution in [3.63, 3.8) is 0 Å². The number of benzene rings is 1. The zero-order valence-corrected chi connectivity index (χ0v) is 18.6. The molecule has 0 aliphatic carbocycles. The van der Waals surface area contributed by atoms with Gasteiger partial charge in [0.1, 0.15) is 23.8 Å². The lowest BCUT2D eigenvalue weighted by Crippen LogP contribution is -2.28. The minimum atomic E-state index is -0.598. The van der Waals surface area contributed by atoms with Gasteiger partial charge in [-0.05, 0) is 57.5 Å². The predicted molar refractivity (Wildman–Crippen MR) is 116 cm³/mol. The lowest BCUT2D eigenvalue weighted by atomic mass is 10.1. The van der Waals surface area contributed by atoms with Crippen molar-refractivity contribution in [2.45, 2.75) is 46.8 Å². The molecular formula is C23H27NO5S. The van der Waals surface area contributed by atoms with Crippen molar-refractivity contribution in [1.29, 1.82) is 0 Å². The largest absolute Gasteiger partial charge is 0.487 e. The molecule has 2 aromatic heterocycles. The summed E-state index contributed by atoms with van der Waals surface area (Å²) < 4.78 is 22.3. The molecule has 0 unspecified atom stereocenters. The topological polar surface area (TPSA) is 70.8 Å². The third-order valence-corrected chi connectivity index (χ3v) is 5.47. The first-order valence-corrected chi connectivity index (χ1v) is 10.8. The number of hydrogen-bond donors (Lipinski definition) is 0. The Hall–Kier alpha value is -2.64. The minimum absolute atomic E-state index is 0.323. The molecular weight excluding hydrogens is 402 g/mol. The van der Waals surface area contributed by atoms with E-state index in [-0.39, 0.29) is 5.97 Å². The molecule has 7 heteroatoms. The second-order valence-corrected chi connectivity index (χ2v) is 8.05. The first-order chi connectivity index (χ1) is 14.5. The number of aryl methyl sites for hydroxylation is 2. The molecule has 0 saturated heterocycles. The van der Waals surface area contributed by atoms with E-state index >= 15 is 0 Å². The summed E-state index contributed by atoms with van der Waals surface area (Å²) in [5.74, 6) is 1.76. The number of rotatable bonds is 10. The van der Waals surface area contributed by atoms with Gasteiger partial charge in [-0.2, -0.15) is 0 Å².